The summed E-state index contributed by atoms with van der Waals surface area (Å²) in [6, 6.07) is 15.4. The Morgan fingerprint density at radius 3 is 2.73 bits per heavy atom. The van der Waals surface area contributed by atoms with Crippen LogP contribution in [0.3, 0.4) is 0 Å². The van der Waals surface area contributed by atoms with E-state index in [1.54, 1.807) is 6.21 Å². The van der Waals surface area contributed by atoms with Crippen LogP contribution >= 0.6 is 11.8 Å². The lowest BCUT2D eigenvalue weighted by molar-refractivity contribution is -0.393. The predicted octanol–water partition coefficient (Wildman–Crippen LogP) is 4.72. The standard InChI is InChI=1S/C19H14N6O4S/c26-24(27)13-6-8-15(17(11-13)25(28)29)23-20-9-10-30-19-21-16-7-5-12-3-1-2-4-14(12)18(16)22-19/h1-9,11,23H,10H2,(H,21,22)/b20-9-. The second kappa shape index (κ2) is 8.17. The van der Waals surface area contributed by atoms with Crippen LogP contribution in [0.2, 0.25) is 0 Å². The van der Waals surface area contributed by atoms with Gasteiger partial charge in [0.15, 0.2) is 5.16 Å². The Hall–Kier alpha value is -3.99. The van der Waals surface area contributed by atoms with E-state index < -0.39 is 15.5 Å². The fourth-order valence-electron chi connectivity index (χ4n) is 2.94. The zero-order valence-corrected chi connectivity index (χ0v) is 16.1. The summed E-state index contributed by atoms with van der Waals surface area (Å²) in [5.41, 5.74) is 3.69. The highest BCUT2D eigenvalue weighted by molar-refractivity contribution is 7.99. The average Bonchev–Trinajstić information content (AvgIpc) is 3.17. The van der Waals surface area contributed by atoms with Crippen molar-refractivity contribution < 1.29 is 9.85 Å². The number of aromatic amines is 1. The first-order chi connectivity index (χ1) is 14.5. The molecule has 0 unspecified atom stereocenters. The lowest BCUT2D eigenvalue weighted by Gasteiger charge is -2.01. The molecule has 0 aliphatic carbocycles. The van der Waals surface area contributed by atoms with Gasteiger partial charge in [0, 0.05) is 23.4 Å². The highest BCUT2D eigenvalue weighted by atomic mass is 32.2. The largest absolute Gasteiger partial charge is 0.333 e. The average molecular weight is 422 g/mol. The summed E-state index contributed by atoms with van der Waals surface area (Å²) in [6.07, 6.45) is 1.54. The van der Waals surface area contributed by atoms with Gasteiger partial charge in [-0.05, 0) is 17.5 Å². The van der Waals surface area contributed by atoms with Gasteiger partial charge in [0.05, 0.1) is 26.9 Å². The van der Waals surface area contributed by atoms with Gasteiger partial charge in [-0.15, -0.1) is 0 Å². The molecule has 4 aromatic rings. The van der Waals surface area contributed by atoms with E-state index in [-0.39, 0.29) is 11.4 Å². The van der Waals surface area contributed by atoms with Crippen LogP contribution in [0.1, 0.15) is 0 Å². The molecular formula is C19H14N6O4S. The van der Waals surface area contributed by atoms with Gasteiger partial charge in [-0.25, -0.2) is 4.98 Å². The zero-order chi connectivity index (χ0) is 21.1. The Balaban J connectivity index is 1.43. The molecule has 4 rings (SSSR count). The Morgan fingerprint density at radius 1 is 1.10 bits per heavy atom. The van der Waals surface area contributed by atoms with Gasteiger partial charge < -0.3 is 4.98 Å². The monoisotopic (exact) mass is 422 g/mol. The first-order valence-electron chi connectivity index (χ1n) is 8.73. The fourth-order valence-corrected chi connectivity index (χ4v) is 3.58. The Kier molecular flexibility index (Phi) is 5.26. The van der Waals surface area contributed by atoms with E-state index in [1.165, 1.54) is 23.9 Å². The van der Waals surface area contributed by atoms with Crippen molar-refractivity contribution in [3.8, 4) is 0 Å². The van der Waals surface area contributed by atoms with Crippen molar-refractivity contribution in [1.82, 2.24) is 9.97 Å². The molecule has 0 radical (unpaired) electrons. The lowest BCUT2D eigenvalue weighted by Crippen LogP contribution is -1.98. The third-order valence-electron chi connectivity index (χ3n) is 4.32. The van der Waals surface area contributed by atoms with Crippen molar-refractivity contribution in [2.45, 2.75) is 5.16 Å². The van der Waals surface area contributed by atoms with Crippen LogP contribution < -0.4 is 5.43 Å². The quantitative estimate of drug-likeness (QED) is 0.190. The Bertz CT molecular complexity index is 1300. The summed E-state index contributed by atoms with van der Waals surface area (Å²) < 4.78 is 0. The first kappa shape index (κ1) is 19.3. The molecule has 30 heavy (non-hydrogen) atoms. The second-order valence-electron chi connectivity index (χ2n) is 6.17. The van der Waals surface area contributed by atoms with E-state index in [2.05, 4.69) is 20.5 Å². The highest BCUT2D eigenvalue weighted by Gasteiger charge is 2.19. The number of fused-ring (bicyclic) bond motifs is 3. The third kappa shape index (κ3) is 3.91. The van der Waals surface area contributed by atoms with Gasteiger partial charge in [-0.1, -0.05) is 42.1 Å². The van der Waals surface area contributed by atoms with Crippen LogP contribution in [0.4, 0.5) is 17.1 Å². The number of thioether (sulfide) groups is 1. The van der Waals surface area contributed by atoms with Crippen molar-refractivity contribution in [2.24, 2.45) is 5.10 Å². The fraction of sp³-hybridized carbons (Fsp3) is 0.0526. The molecule has 0 fully saturated rings. The van der Waals surface area contributed by atoms with Gasteiger partial charge in [-0.3, -0.25) is 25.7 Å². The molecule has 11 heteroatoms. The van der Waals surface area contributed by atoms with Crippen LogP contribution in [0.5, 0.6) is 0 Å². The van der Waals surface area contributed by atoms with E-state index in [0.29, 0.717) is 5.75 Å². The van der Waals surface area contributed by atoms with E-state index in [0.717, 1.165) is 33.0 Å². The van der Waals surface area contributed by atoms with Crippen LogP contribution in [0.25, 0.3) is 21.8 Å². The molecule has 10 nitrogen and oxygen atoms in total. The van der Waals surface area contributed by atoms with Crippen LogP contribution in [0.15, 0.2) is 64.9 Å². The number of benzene rings is 3. The number of aromatic nitrogens is 2. The number of hydrogen-bond donors (Lipinski definition) is 2. The van der Waals surface area contributed by atoms with Gasteiger partial charge >= 0.3 is 5.69 Å². The van der Waals surface area contributed by atoms with E-state index in [1.807, 2.05) is 36.4 Å². The van der Waals surface area contributed by atoms with Crippen molar-refractivity contribution in [3.63, 3.8) is 0 Å². The van der Waals surface area contributed by atoms with E-state index >= 15 is 0 Å². The van der Waals surface area contributed by atoms with Crippen molar-refractivity contribution >= 4 is 56.8 Å². The molecule has 0 bridgehead atoms. The summed E-state index contributed by atoms with van der Waals surface area (Å²) in [4.78, 5) is 28.4. The van der Waals surface area contributed by atoms with E-state index in [9.17, 15) is 20.2 Å². The van der Waals surface area contributed by atoms with Crippen LogP contribution in [-0.4, -0.2) is 31.8 Å². The summed E-state index contributed by atoms with van der Waals surface area (Å²) >= 11 is 1.43. The number of non-ortho nitro benzene ring substituents is 1. The molecule has 1 aromatic heterocycles. The number of nitro groups is 2. The number of imidazole rings is 1. The Labute approximate surface area is 173 Å². The number of hydrazone groups is 1. The number of rotatable bonds is 7. The van der Waals surface area contributed by atoms with Gasteiger partial charge in [0.1, 0.15) is 5.69 Å². The molecule has 0 aliphatic heterocycles. The number of nitrogens with one attached hydrogen (secondary N) is 2. The second-order valence-corrected chi connectivity index (χ2v) is 7.18. The maximum atomic E-state index is 11.1. The summed E-state index contributed by atoms with van der Waals surface area (Å²) in [7, 11) is 0. The van der Waals surface area contributed by atoms with Gasteiger partial charge in [0.2, 0.25) is 0 Å². The smallest absolute Gasteiger partial charge is 0.301 e. The number of nitro benzene ring substituents is 2. The SMILES string of the molecule is O=[N+]([O-])c1ccc(N/N=C\CSc2nc3c(ccc4ccccc43)[nH]2)c([N+](=O)[O-])c1. The van der Waals surface area contributed by atoms with Crippen molar-refractivity contribution in [2.75, 3.05) is 11.2 Å². The van der Waals surface area contributed by atoms with E-state index in [4.69, 9.17) is 0 Å². The maximum absolute atomic E-state index is 11.1. The lowest BCUT2D eigenvalue weighted by atomic mass is 10.1. The molecule has 1 heterocycles. The van der Waals surface area contributed by atoms with Crippen molar-refractivity contribution in [3.05, 3.63) is 74.8 Å². The molecule has 3 aromatic carbocycles. The summed E-state index contributed by atoms with van der Waals surface area (Å²) in [5, 5.41) is 28.8. The molecule has 0 spiro atoms. The molecule has 150 valence electrons. The molecule has 2 N–H and O–H groups in total. The van der Waals surface area contributed by atoms with Crippen LogP contribution in [0, 0.1) is 20.2 Å². The normalized spacial score (nSPS) is 11.3. The molecule has 0 atom stereocenters. The molecule has 0 saturated carbocycles. The maximum Gasteiger partial charge on any atom is 0.301 e. The van der Waals surface area contributed by atoms with Crippen LogP contribution in [-0.2, 0) is 0 Å². The zero-order valence-electron chi connectivity index (χ0n) is 15.3. The number of H-pyrrole nitrogens is 1. The minimum Gasteiger partial charge on any atom is -0.333 e. The summed E-state index contributed by atoms with van der Waals surface area (Å²) in [6.45, 7) is 0. The number of anilines is 1. The molecule has 0 amide bonds. The Morgan fingerprint density at radius 2 is 1.93 bits per heavy atom. The highest BCUT2D eigenvalue weighted by Crippen LogP contribution is 2.29. The first-order valence-corrected chi connectivity index (χ1v) is 9.72. The molecular weight excluding hydrogens is 408 g/mol. The molecule has 0 aliphatic rings. The van der Waals surface area contributed by atoms with Gasteiger partial charge in [0.25, 0.3) is 5.69 Å². The minimum atomic E-state index is -0.696. The van der Waals surface area contributed by atoms with Crippen molar-refractivity contribution in [1.29, 1.82) is 0 Å². The topological polar surface area (TPSA) is 139 Å². The number of hydrogen-bond acceptors (Lipinski definition) is 8. The predicted molar refractivity (Wildman–Crippen MR) is 116 cm³/mol. The molecule has 0 saturated heterocycles. The minimum absolute atomic E-state index is 0.0713. The third-order valence-corrected chi connectivity index (χ3v) is 5.10. The van der Waals surface area contributed by atoms with Gasteiger partial charge in [-0.2, -0.15) is 5.10 Å². The summed E-state index contributed by atoms with van der Waals surface area (Å²) in [5.74, 6) is 0.464. The number of nitrogens with zero attached hydrogens (tertiary/aromatic N) is 4.